The van der Waals surface area contributed by atoms with Gasteiger partial charge < -0.3 is 4.74 Å². The van der Waals surface area contributed by atoms with E-state index in [4.69, 9.17) is 11.2 Å². The molecule has 0 atom stereocenters. The Hall–Kier alpha value is -2.91. The lowest BCUT2D eigenvalue weighted by Crippen LogP contribution is -2.20. The van der Waals surface area contributed by atoms with Crippen LogP contribution in [0.4, 0.5) is 0 Å². The van der Waals surface area contributed by atoms with Crippen LogP contribution in [0.2, 0.25) is 0 Å². The maximum Gasteiger partial charge on any atom is 0.282 e. The van der Waals surface area contributed by atoms with E-state index in [-0.39, 0.29) is 12.2 Å². The molecule has 2 aromatic carbocycles. The van der Waals surface area contributed by atoms with Gasteiger partial charge in [-0.3, -0.25) is 4.79 Å². The van der Waals surface area contributed by atoms with Crippen molar-refractivity contribution in [1.29, 1.82) is 0 Å². The molecule has 6 heteroatoms. The zero-order valence-corrected chi connectivity index (χ0v) is 15.0. The summed E-state index contributed by atoms with van der Waals surface area (Å²) in [5.41, 5.74) is 1.26. The summed E-state index contributed by atoms with van der Waals surface area (Å²) in [7, 11) is 0. The molecule has 25 heavy (non-hydrogen) atoms. The van der Waals surface area contributed by atoms with Gasteiger partial charge in [-0.05, 0) is 55.0 Å². The Labute approximate surface area is 153 Å². The topological polar surface area (TPSA) is 56.5 Å². The van der Waals surface area contributed by atoms with Crippen molar-refractivity contribution in [2.45, 2.75) is 6.92 Å². The number of aryl methyl sites for hydroxylation is 1. The van der Waals surface area contributed by atoms with Crippen LogP contribution in [-0.2, 0) is 0 Å². The minimum Gasteiger partial charge on any atom is -0.481 e. The van der Waals surface area contributed by atoms with Crippen LogP contribution in [0.25, 0.3) is 10.9 Å². The second-order valence-corrected chi connectivity index (χ2v) is 6.16. The first-order valence-corrected chi connectivity index (χ1v) is 8.27. The van der Waals surface area contributed by atoms with Gasteiger partial charge in [0, 0.05) is 4.47 Å². The van der Waals surface area contributed by atoms with Crippen molar-refractivity contribution in [2.24, 2.45) is 5.10 Å². The van der Waals surface area contributed by atoms with Gasteiger partial charge in [-0.1, -0.05) is 21.9 Å². The van der Waals surface area contributed by atoms with Crippen LogP contribution in [0.5, 0.6) is 5.75 Å². The predicted molar refractivity (Wildman–Crippen MR) is 102 cm³/mol. The Balaban J connectivity index is 1.93. The largest absolute Gasteiger partial charge is 0.481 e. The van der Waals surface area contributed by atoms with E-state index >= 15 is 0 Å². The first-order valence-electron chi connectivity index (χ1n) is 7.48. The highest BCUT2D eigenvalue weighted by Crippen LogP contribution is 2.16. The number of benzene rings is 2. The SMILES string of the molecule is C#CCOc1ccc(C=Nn2c(C)nc3ccc(Br)cc3c2=O)cc1. The molecular formula is C19H14BrN3O2. The highest BCUT2D eigenvalue weighted by atomic mass is 79.9. The number of nitrogens with zero attached hydrogens (tertiary/aromatic N) is 3. The highest BCUT2D eigenvalue weighted by molar-refractivity contribution is 9.10. The number of aromatic nitrogens is 2. The average Bonchev–Trinajstić information content (AvgIpc) is 2.61. The molecule has 0 radical (unpaired) electrons. The van der Waals surface area contributed by atoms with Gasteiger partial charge in [-0.25, -0.2) is 4.98 Å². The van der Waals surface area contributed by atoms with E-state index in [1.165, 1.54) is 4.68 Å². The molecule has 1 heterocycles. The van der Waals surface area contributed by atoms with E-state index in [0.717, 1.165) is 10.0 Å². The third kappa shape index (κ3) is 3.78. The molecule has 3 rings (SSSR count). The molecule has 0 N–H and O–H groups in total. The quantitative estimate of drug-likeness (QED) is 0.502. The van der Waals surface area contributed by atoms with Crippen LogP contribution in [0.3, 0.4) is 0 Å². The summed E-state index contributed by atoms with van der Waals surface area (Å²) in [6.45, 7) is 1.97. The maximum absolute atomic E-state index is 12.6. The van der Waals surface area contributed by atoms with Crippen molar-refractivity contribution in [3.8, 4) is 18.1 Å². The van der Waals surface area contributed by atoms with Gasteiger partial charge in [0.2, 0.25) is 0 Å². The molecule has 124 valence electrons. The van der Waals surface area contributed by atoms with Crippen LogP contribution in [0.1, 0.15) is 11.4 Å². The molecule has 0 aliphatic rings. The van der Waals surface area contributed by atoms with E-state index in [0.29, 0.717) is 22.5 Å². The molecule has 3 aromatic rings. The Morgan fingerprint density at radius 2 is 2.08 bits per heavy atom. The zero-order valence-electron chi connectivity index (χ0n) is 13.4. The molecular weight excluding hydrogens is 382 g/mol. The molecule has 0 saturated heterocycles. The number of rotatable bonds is 4. The number of fused-ring (bicyclic) bond motifs is 1. The molecule has 0 unspecified atom stereocenters. The molecule has 0 fully saturated rings. The Morgan fingerprint density at radius 1 is 1.32 bits per heavy atom. The summed E-state index contributed by atoms with van der Waals surface area (Å²) in [5.74, 6) is 3.61. The average molecular weight is 396 g/mol. The van der Waals surface area contributed by atoms with E-state index in [1.807, 2.05) is 18.2 Å². The zero-order chi connectivity index (χ0) is 17.8. The summed E-state index contributed by atoms with van der Waals surface area (Å²) < 4.78 is 7.43. The van der Waals surface area contributed by atoms with Crippen LogP contribution in [-0.4, -0.2) is 22.5 Å². The second-order valence-electron chi connectivity index (χ2n) is 5.24. The van der Waals surface area contributed by atoms with E-state index in [1.54, 1.807) is 37.4 Å². The number of hydrogen-bond acceptors (Lipinski definition) is 4. The Kier molecular flexibility index (Phi) is 4.96. The molecule has 0 spiro atoms. The van der Waals surface area contributed by atoms with Gasteiger partial charge in [0.05, 0.1) is 17.1 Å². The van der Waals surface area contributed by atoms with Gasteiger partial charge >= 0.3 is 0 Å². The third-order valence-corrected chi connectivity index (χ3v) is 3.99. The van der Waals surface area contributed by atoms with Gasteiger partial charge in [0.1, 0.15) is 18.2 Å². The number of terminal acetylenes is 1. The normalized spacial score (nSPS) is 10.9. The molecule has 0 bridgehead atoms. The van der Waals surface area contributed by atoms with Gasteiger partial charge in [0.15, 0.2) is 0 Å². The lowest BCUT2D eigenvalue weighted by Gasteiger charge is -2.06. The molecule has 1 aromatic heterocycles. The van der Waals surface area contributed by atoms with Crippen LogP contribution in [0, 0.1) is 19.3 Å². The smallest absolute Gasteiger partial charge is 0.282 e. The van der Waals surface area contributed by atoms with E-state index < -0.39 is 0 Å². The third-order valence-electron chi connectivity index (χ3n) is 3.49. The predicted octanol–water partition coefficient (Wildman–Crippen LogP) is 3.36. The fraction of sp³-hybridized carbons (Fsp3) is 0.105. The monoisotopic (exact) mass is 395 g/mol. The van der Waals surface area contributed by atoms with Crippen LogP contribution >= 0.6 is 15.9 Å². The van der Waals surface area contributed by atoms with Crippen molar-refractivity contribution in [3.05, 3.63) is 68.7 Å². The number of hydrogen-bond donors (Lipinski definition) is 0. The molecule has 0 aliphatic heterocycles. The highest BCUT2D eigenvalue weighted by Gasteiger charge is 2.07. The van der Waals surface area contributed by atoms with Crippen LogP contribution in [0.15, 0.2) is 56.8 Å². The number of halogens is 1. The van der Waals surface area contributed by atoms with Crippen molar-refractivity contribution in [3.63, 3.8) is 0 Å². The number of ether oxygens (including phenoxy) is 1. The van der Waals surface area contributed by atoms with Gasteiger partial charge in [-0.2, -0.15) is 9.78 Å². The lowest BCUT2D eigenvalue weighted by molar-refractivity contribution is 0.370. The molecule has 0 aliphatic carbocycles. The van der Waals surface area contributed by atoms with Crippen molar-refractivity contribution in [2.75, 3.05) is 6.61 Å². The minimum atomic E-state index is -0.214. The summed E-state index contributed by atoms with van der Waals surface area (Å²) in [5, 5.41) is 4.78. The fourth-order valence-electron chi connectivity index (χ4n) is 2.30. The van der Waals surface area contributed by atoms with Gasteiger partial charge in [-0.15, -0.1) is 6.42 Å². The Morgan fingerprint density at radius 3 is 2.80 bits per heavy atom. The van der Waals surface area contributed by atoms with Crippen molar-refractivity contribution < 1.29 is 4.74 Å². The first-order chi connectivity index (χ1) is 12.1. The fourth-order valence-corrected chi connectivity index (χ4v) is 2.66. The minimum absolute atomic E-state index is 0.214. The summed E-state index contributed by atoms with van der Waals surface area (Å²) in [6.07, 6.45) is 6.76. The second kappa shape index (κ2) is 7.32. The van der Waals surface area contributed by atoms with E-state index in [2.05, 4.69) is 31.9 Å². The van der Waals surface area contributed by atoms with Gasteiger partial charge in [0.25, 0.3) is 5.56 Å². The molecule has 5 nitrogen and oxygen atoms in total. The molecule has 0 saturated carbocycles. The maximum atomic E-state index is 12.6. The molecule has 0 amide bonds. The van der Waals surface area contributed by atoms with Crippen LogP contribution < -0.4 is 10.3 Å². The summed E-state index contributed by atoms with van der Waals surface area (Å²) in [6, 6.07) is 12.7. The summed E-state index contributed by atoms with van der Waals surface area (Å²) in [4.78, 5) is 17.1. The Bertz CT molecular complexity index is 1050. The standard InChI is InChI=1S/C19H14BrN3O2/c1-3-10-25-16-7-4-14(5-8-16)12-21-23-13(2)22-18-9-6-15(20)11-17(18)19(23)24/h1,4-9,11-12H,10H2,2H3. The van der Waals surface area contributed by atoms with Crippen molar-refractivity contribution in [1.82, 2.24) is 9.66 Å². The van der Waals surface area contributed by atoms with E-state index in [9.17, 15) is 4.79 Å². The summed E-state index contributed by atoms with van der Waals surface area (Å²) >= 11 is 3.37. The lowest BCUT2D eigenvalue weighted by atomic mass is 10.2. The van der Waals surface area contributed by atoms with Crippen molar-refractivity contribution >= 4 is 33.0 Å². The first kappa shape index (κ1) is 16.9.